The lowest BCUT2D eigenvalue weighted by molar-refractivity contribution is 0.355. The molecule has 7 rings (SSSR count). The second-order valence-electron chi connectivity index (χ2n) is 24.6. The molecule has 6 unspecified atom stereocenters. The fourth-order valence-corrected chi connectivity index (χ4v) is 18.3. The topological polar surface area (TPSA) is 66.0 Å². The summed E-state index contributed by atoms with van der Waals surface area (Å²) in [6.45, 7) is 32.4. The summed E-state index contributed by atoms with van der Waals surface area (Å²) in [7, 11) is 0.667. The average molecular weight is 1200 g/mol. The summed E-state index contributed by atoms with van der Waals surface area (Å²) < 4.78 is 4.19. The highest BCUT2D eigenvalue weighted by molar-refractivity contribution is 6.37. The van der Waals surface area contributed by atoms with Crippen LogP contribution in [0.25, 0.3) is 0 Å². The van der Waals surface area contributed by atoms with E-state index in [2.05, 4.69) is 242 Å². The minimum absolute atomic E-state index is 0.138. The standard InChI is InChI=1S/C78H93N3O3Si3/c1-10-34-61(55-76(7,64-40-22-16-23-41-64)65-42-24-17-25-43-65)52-70(37-13-4)85-58-79-73(82)80(59-86-71(38-14-5)53-62(35-11-2)56-77(8,66-44-26-18-27-45-66)67-46-28-19-29-47-67)75(84)81(74(79)83)60-87-72(39-15-6)54-63(36-12-3)57-78(9,68-48-30-20-31-49-68)69-50-32-21-33-51-69/h10-33,40-51,61-63,70-72H,1-6,34-39,52-60H2,7-9H3. The highest BCUT2D eigenvalue weighted by Crippen LogP contribution is 2.44. The Bertz CT molecular complexity index is 2920. The number of allylic oxidation sites excluding steroid dienone is 6. The molecule has 1 heterocycles. The number of benzene rings is 6. The number of aromatic nitrogens is 3. The van der Waals surface area contributed by atoms with E-state index in [1.165, 1.54) is 47.1 Å². The number of hydrogen-bond acceptors (Lipinski definition) is 3. The highest BCUT2D eigenvalue weighted by Gasteiger charge is 2.36. The second-order valence-corrected chi connectivity index (χ2v) is 29.2. The zero-order valence-corrected chi connectivity index (χ0v) is 55.2. The van der Waals surface area contributed by atoms with Crippen LogP contribution in [0.3, 0.4) is 0 Å². The van der Waals surface area contributed by atoms with Gasteiger partial charge in [0.2, 0.25) is 0 Å². The molecule has 0 aliphatic carbocycles. The lowest BCUT2D eigenvalue weighted by Crippen LogP contribution is -2.56. The quantitative estimate of drug-likeness (QED) is 0.0285. The van der Waals surface area contributed by atoms with Crippen molar-refractivity contribution in [2.24, 2.45) is 17.8 Å². The molecule has 6 atom stereocenters. The van der Waals surface area contributed by atoms with Crippen LogP contribution in [0.1, 0.15) is 131 Å². The van der Waals surface area contributed by atoms with Crippen LogP contribution in [0.2, 0.25) is 16.6 Å². The molecule has 0 spiro atoms. The second kappa shape index (κ2) is 33.8. The van der Waals surface area contributed by atoms with Gasteiger partial charge in [0.05, 0.1) is 28.6 Å². The van der Waals surface area contributed by atoms with E-state index >= 15 is 14.4 Å². The highest BCUT2D eigenvalue weighted by atomic mass is 28.2. The first-order chi connectivity index (χ1) is 42.2. The molecule has 0 N–H and O–H groups in total. The Morgan fingerprint density at radius 3 is 0.678 bits per heavy atom. The van der Waals surface area contributed by atoms with Gasteiger partial charge in [0, 0.05) is 34.7 Å². The Hall–Kier alpha value is -7.18. The van der Waals surface area contributed by atoms with E-state index < -0.39 is 17.1 Å². The van der Waals surface area contributed by atoms with E-state index in [1.807, 2.05) is 36.5 Å². The Labute approximate surface area is 528 Å². The summed E-state index contributed by atoms with van der Waals surface area (Å²) in [6, 6.07) is 64.6. The molecule has 0 saturated heterocycles. The van der Waals surface area contributed by atoms with Crippen LogP contribution in [0, 0.1) is 17.8 Å². The molecule has 450 valence electrons. The molecular formula is C78H93N3O3Si3. The first-order valence-electron chi connectivity index (χ1n) is 31.4. The third kappa shape index (κ3) is 18.0. The molecule has 87 heavy (non-hydrogen) atoms. The Morgan fingerprint density at radius 1 is 0.322 bits per heavy atom. The van der Waals surface area contributed by atoms with Crippen molar-refractivity contribution in [1.82, 2.24) is 13.7 Å². The van der Waals surface area contributed by atoms with Gasteiger partial charge in [-0.25, -0.2) is 28.1 Å². The smallest absolute Gasteiger partial charge is 0.249 e. The summed E-state index contributed by atoms with van der Waals surface area (Å²) in [6.07, 6.45) is 22.6. The fourth-order valence-electron chi connectivity index (χ4n) is 13.6. The summed E-state index contributed by atoms with van der Waals surface area (Å²) in [5.41, 5.74) is 5.60. The molecule has 0 amide bonds. The average Bonchev–Trinajstić information content (AvgIpc) is 3.26. The minimum Gasteiger partial charge on any atom is -0.249 e. The van der Waals surface area contributed by atoms with Crippen molar-refractivity contribution in [3.63, 3.8) is 0 Å². The van der Waals surface area contributed by atoms with Crippen molar-refractivity contribution in [2.75, 3.05) is 0 Å². The van der Waals surface area contributed by atoms with Crippen molar-refractivity contribution in [2.45, 2.75) is 149 Å². The van der Waals surface area contributed by atoms with Crippen molar-refractivity contribution in [3.05, 3.63) is 323 Å². The van der Waals surface area contributed by atoms with Crippen LogP contribution in [0.4, 0.5) is 0 Å². The monoisotopic (exact) mass is 1200 g/mol. The molecule has 7 aromatic rings. The molecule has 0 fully saturated rings. The lowest BCUT2D eigenvalue weighted by atomic mass is 9.69. The first kappa shape index (κ1) is 67.3. The van der Waals surface area contributed by atoms with Gasteiger partial charge in [-0.2, -0.15) is 0 Å². The molecule has 0 aliphatic heterocycles. The molecule has 0 aliphatic rings. The van der Waals surface area contributed by atoms with Crippen LogP contribution < -0.4 is 17.1 Å². The van der Waals surface area contributed by atoms with Gasteiger partial charge in [-0.05, 0) is 145 Å². The molecule has 0 saturated carbocycles. The third-order valence-electron chi connectivity index (χ3n) is 18.3. The van der Waals surface area contributed by atoms with E-state index in [-0.39, 0.29) is 97.7 Å². The van der Waals surface area contributed by atoms with Gasteiger partial charge in [0.25, 0.3) is 0 Å². The maximum Gasteiger partial charge on any atom is 0.335 e. The van der Waals surface area contributed by atoms with Gasteiger partial charge in [-0.15, -0.1) is 39.5 Å². The molecule has 6 radical (unpaired) electrons. The van der Waals surface area contributed by atoms with Crippen LogP contribution in [0.5, 0.6) is 0 Å². The van der Waals surface area contributed by atoms with Crippen molar-refractivity contribution in [3.8, 4) is 0 Å². The van der Waals surface area contributed by atoms with Gasteiger partial charge >= 0.3 is 17.1 Å². The van der Waals surface area contributed by atoms with Crippen molar-refractivity contribution in [1.29, 1.82) is 0 Å². The zero-order chi connectivity index (χ0) is 62.1. The van der Waals surface area contributed by atoms with Crippen molar-refractivity contribution >= 4 is 28.6 Å². The molecular weight excluding hydrogens is 1110 g/mol. The lowest BCUT2D eigenvalue weighted by Gasteiger charge is -2.36. The van der Waals surface area contributed by atoms with Crippen LogP contribution in [0.15, 0.2) is 272 Å². The number of rotatable bonds is 39. The van der Waals surface area contributed by atoms with Gasteiger partial charge in [-0.3, -0.25) is 0 Å². The SMILES string of the molecule is C=CCC(CC(CC=C)[Si]Cn1c(=O)n(C[Si]C(CC=C)CC(CC=C)CC(C)(c2ccccc2)c2ccccc2)c(=O)n(C[Si]C(CC=C)CC(CC=C)CC(C)(c2ccccc2)c2ccccc2)c1=O)CC(C)(c1ccccc1)c1ccccc1. The van der Waals surface area contributed by atoms with Crippen LogP contribution in [-0.2, 0) is 34.7 Å². The minimum atomic E-state index is -0.527. The van der Waals surface area contributed by atoms with Crippen molar-refractivity contribution < 1.29 is 0 Å². The van der Waals surface area contributed by atoms with E-state index in [0.29, 0.717) is 0 Å². The summed E-state index contributed by atoms with van der Waals surface area (Å²) in [5.74, 6) is 0.764. The maximum absolute atomic E-state index is 15.2. The van der Waals surface area contributed by atoms with E-state index in [4.69, 9.17) is 0 Å². The predicted octanol–water partition coefficient (Wildman–Crippen LogP) is 17.2. The largest absolute Gasteiger partial charge is 0.335 e. The van der Waals surface area contributed by atoms with Gasteiger partial charge in [-0.1, -0.05) is 239 Å². The van der Waals surface area contributed by atoms with Crippen LogP contribution in [-0.4, -0.2) is 42.3 Å². The predicted molar refractivity (Wildman–Crippen MR) is 373 cm³/mol. The van der Waals surface area contributed by atoms with E-state index in [0.717, 1.165) is 77.0 Å². The number of hydrogen-bond donors (Lipinski definition) is 0. The summed E-state index contributed by atoms with van der Waals surface area (Å²) >= 11 is 0. The molecule has 0 bridgehead atoms. The van der Waals surface area contributed by atoms with E-state index in [1.54, 1.807) is 0 Å². The molecule has 9 heteroatoms. The van der Waals surface area contributed by atoms with Crippen LogP contribution >= 0.6 is 0 Å². The summed E-state index contributed by atoms with van der Waals surface area (Å²) in [5, 5.41) is 0. The van der Waals surface area contributed by atoms with E-state index in [9.17, 15) is 0 Å². The summed E-state index contributed by atoms with van der Waals surface area (Å²) in [4.78, 5) is 45.6. The normalized spacial score (nSPS) is 14.0. The fraction of sp³-hybridized carbons (Fsp3) is 0.346. The first-order valence-corrected chi connectivity index (χ1v) is 35.2. The Kier molecular flexibility index (Phi) is 26.2. The Morgan fingerprint density at radius 2 is 0.506 bits per heavy atom. The third-order valence-corrected chi connectivity index (χ3v) is 22.9. The molecule has 6 nitrogen and oxygen atoms in total. The molecule has 6 aromatic carbocycles. The van der Waals surface area contributed by atoms with Gasteiger partial charge in [0.15, 0.2) is 0 Å². The zero-order valence-electron chi connectivity index (χ0n) is 52.2. The maximum atomic E-state index is 15.2. The van der Waals surface area contributed by atoms with Gasteiger partial charge < -0.3 is 0 Å². The van der Waals surface area contributed by atoms with Gasteiger partial charge in [0.1, 0.15) is 0 Å². The number of nitrogens with zero attached hydrogens (tertiary/aromatic N) is 3. The Balaban J connectivity index is 1.22. The molecule has 1 aromatic heterocycles.